The third-order valence-corrected chi connectivity index (χ3v) is 7.59. The molecule has 0 aliphatic heterocycles. The molecule has 1 aliphatic rings. The maximum atomic E-state index is 13.7. The number of nitrogens with one attached hydrogen (secondary N) is 1. The van der Waals surface area contributed by atoms with E-state index in [0.717, 1.165) is 51.4 Å². The molecule has 0 bridgehead atoms. The lowest BCUT2D eigenvalue weighted by Gasteiger charge is -2.19. The highest BCUT2D eigenvalue weighted by Crippen LogP contribution is 2.35. The molecule has 2 heterocycles. The van der Waals surface area contributed by atoms with Crippen LogP contribution >= 0.6 is 11.8 Å². The molecule has 2 N–H and O–H groups in total. The number of Topliss-reactive ketones (excluding diaryl/α,β-unsaturated/α-hetero) is 1. The number of hydrogen-bond donors (Lipinski definition) is 2. The third kappa shape index (κ3) is 5.86. The van der Waals surface area contributed by atoms with Crippen molar-refractivity contribution < 1.29 is 14.3 Å². The van der Waals surface area contributed by atoms with Gasteiger partial charge >= 0.3 is 0 Å². The Labute approximate surface area is 220 Å². The van der Waals surface area contributed by atoms with E-state index in [9.17, 15) is 14.3 Å². The van der Waals surface area contributed by atoms with E-state index in [1.807, 2.05) is 38.1 Å². The highest BCUT2D eigenvalue weighted by molar-refractivity contribution is 7.99. The van der Waals surface area contributed by atoms with Crippen molar-refractivity contribution in [2.24, 2.45) is 5.92 Å². The predicted octanol–water partition coefficient (Wildman–Crippen LogP) is 6.47. The number of anilines is 1. The van der Waals surface area contributed by atoms with Crippen molar-refractivity contribution in [1.29, 1.82) is 0 Å². The lowest BCUT2D eigenvalue weighted by molar-refractivity contribution is 0.0943. The van der Waals surface area contributed by atoms with E-state index in [4.69, 9.17) is 5.10 Å². The van der Waals surface area contributed by atoms with E-state index in [1.165, 1.54) is 23.9 Å². The Kier molecular flexibility index (Phi) is 6.81. The first-order valence-electron chi connectivity index (χ1n) is 12.5. The zero-order valence-corrected chi connectivity index (χ0v) is 22.3. The molecular weight excluding hydrogens is 487 g/mol. The van der Waals surface area contributed by atoms with Gasteiger partial charge in [0.1, 0.15) is 10.8 Å². The fourth-order valence-electron chi connectivity index (χ4n) is 4.30. The first-order valence-corrected chi connectivity index (χ1v) is 13.3. The molecule has 37 heavy (non-hydrogen) atoms. The van der Waals surface area contributed by atoms with Gasteiger partial charge in [-0.3, -0.25) is 4.79 Å². The number of aryl methyl sites for hydroxylation is 2. The quantitative estimate of drug-likeness (QED) is 0.247. The number of hydrogen-bond acceptors (Lipinski definition) is 6. The minimum Gasteiger partial charge on any atom is -0.389 e. The molecule has 8 heteroatoms. The summed E-state index contributed by atoms with van der Waals surface area (Å²) in [6.07, 6.45) is 4.70. The summed E-state index contributed by atoms with van der Waals surface area (Å²) < 4.78 is 15.4. The molecule has 4 aromatic rings. The van der Waals surface area contributed by atoms with Gasteiger partial charge in [0.25, 0.3) is 0 Å². The lowest BCUT2D eigenvalue weighted by atomic mass is 9.98. The zero-order chi connectivity index (χ0) is 26.3. The number of fused-ring (bicyclic) bond motifs is 1. The highest BCUT2D eigenvalue weighted by Gasteiger charge is 2.26. The van der Waals surface area contributed by atoms with Gasteiger partial charge in [-0.1, -0.05) is 23.9 Å². The Morgan fingerprint density at radius 3 is 2.62 bits per heavy atom. The summed E-state index contributed by atoms with van der Waals surface area (Å²) >= 11 is 1.44. The van der Waals surface area contributed by atoms with Crippen molar-refractivity contribution in [3.05, 3.63) is 71.2 Å². The van der Waals surface area contributed by atoms with Gasteiger partial charge in [0, 0.05) is 29.0 Å². The Morgan fingerprint density at radius 1 is 1.16 bits per heavy atom. The largest absolute Gasteiger partial charge is 0.389 e. The van der Waals surface area contributed by atoms with Crippen molar-refractivity contribution in [2.45, 2.75) is 62.5 Å². The summed E-state index contributed by atoms with van der Waals surface area (Å²) in [4.78, 5) is 18.2. The first-order chi connectivity index (χ1) is 17.6. The molecule has 6 nitrogen and oxygen atoms in total. The fraction of sp³-hybridized carbons (Fsp3) is 0.345. The van der Waals surface area contributed by atoms with E-state index < -0.39 is 5.60 Å². The zero-order valence-electron chi connectivity index (χ0n) is 21.5. The fourth-order valence-corrected chi connectivity index (χ4v) is 5.18. The highest BCUT2D eigenvalue weighted by atomic mass is 32.2. The number of benzene rings is 2. The number of rotatable bonds is 9. The lowest BCUT2D eigenvalue weighted by Crippen LogP contribution is -2.29. The van der Waals surface area contributed by atoms with Crippen LogP contribution in [0.4, 0.5) is 10.1 Å². The molecule has 0 saturated heterocycles. The summed E-state index contributed by atoms with van der Waals surface area (Å²) in [5.74, 6) is 0.475. The summed E-state index contributed by atoms with van der Waals surface area (Å²) in [5.41, 5.74) is 4.68. The summed E-state index contributed by atoms with van der Waals surface area (Å²) in [6, 6.07) is 12.5. The van der Waals surface area contributed by atoms with Crippen LogP contribution in [-0.4, -0.2) is 37.6 Å². The maximum absolute atomic E-state index is 13.7. The molecule has 1 saturated carbocycles. The first kappa shape index (κ1) is 25.4. The number of aromatic nitrogens is 3. The van der Waals surface area contributed by atoms with E-state index in [-0.39, 0.29) is 11.6 Å². The summed E-state index contributed by atoms with van der Waals surface area (Å²) in [5, 5.41) is 19.2. The van der Waals surface area contributed by atoms with Crippen molar-refractivity contribution in [3.8, 4) is 11.3 Å². The van der Waals surface area contributed by atoms with Crippen LogP contribution < -0.4 is 5.32 Å². The molecule has 192 valence electrons. The molecule has 0 amide bonds. The van der Waals surface area contributed by atoms with Gasteiger partial charge in [-0.05, 0) is 87.9 Å². The summed E-state index contributed by atoms with van der Waals surface area (Å²) in [6.45, 7) is 7.64. The van der Waals surface area contributed by atoms with Gasteiger partial charge in [-0.2, -0.15) is 5.10 Å². The van der Waals surface area contributed by atoms with Crippen LogP contribution in [0.5, 0.6) is 0 Å². The molecule has 2 aromatic heterocycles. The Morgan fingerprint density at radius 2 is 1.95 bits per heavy atom. The average Bonchev–Trinajstić information content (AvgIpc) is 3.54. The van der Waals surface area contributed by atoms with Crippen LogP contribution in [0, 0.1) is 25.6 Å². The van der Waals surface area contributed by atoms with Crippen LogP contribution in [0.25, 0.3) is 16.9 Å². The SMILES string of the molecule is Cc1cc(F)ccc1Sc1cc(NCC(C)(C)O)c2ncc(-c3ccc(C(=O)CC4CC4)c(C)c3)n2n1. The number of carbonyl (C=O) groups excluding carboxylic acids is 1. The molecular formula is C29H31FN4O2S. The second-order valence-corrected chi connectivity index (χ2v) is 11.6. The van der Waals surface area contributed by atoms with Gasteiger partial charge in [-0.25, -0.2) is 13.9 Å². The second-order valence-electron chi connectivity index (χ2n) is 10.6. The molecule has 0 atom stereocenters. The number of nitrogens with zero attached hydrogens (tertiary/aromatic N) is 3. The second kappa shape index (κ2) is 9.91. The van der Waals surface area contributed by atoms with Crippen LogP contribution in [0.2, 0.25) is 0 Å². The standard InChI is InChI=1S/C29H31FN4O2S/c1-17-11-20(7-9-22(17)25(35)13-19-5-6-19)24-15-31-28-23(32-16-29(3,4)36)14-27(33-34(24)28)37-26-10-8-21(30)12-18(26)2/h7-12,14-15,19,32,36H,5-6,13,16H2,1-4H3. The van der Waals surface area contributed by atoms with Gasteiger partial charge < -0.3 is 10.4 Å². The molecule has 5 rings (SSSR count). The Hall–Kier alpha value is -3.23. The van der Waals surface area contributed by atoms with Gasteiger partial charge in [0.15, 0.2) is 11.4 Å². The minimum atomic E-state index is -0.920. The number of carbonyl (C=O) groups is 1. The topological polar surface area (TPSA) is 79.5 Å². The molecule has 0 spiro atoms. The average molecular weight is 519 g/mol. The number of aliphatic hydroxyl groups is 1. The van der Waals surface area contributed by atoms with Crippen molar-refractivity contribution >= 4 is 28.9 Å². The third-order valence-electron chi connectivity index (χ3n) is 6.50. The number of imidazole rings is 1. The normalized spacial score (nSPS) is 13.8. The Balaban J connectivity index is 1.54. The van der Waals surface area contributed by atoms with Crippen molar-refractivity contribution in [2.75, 3.05) is 11.9 Å². The van der Waals surface area contributed by atoms with E-state index in [0.29, 0.717) is 29.6 Å². The van der Waals surface area contributed by atoms with E-state index >= 15 is 0 Å². The molecule has 0 unspecified atom stereocenters. The van der Waals surface area contributed by atoms with Crippen molar-refractivity contribution in [1.82, 2.24) is 14.6 Å². The van der Waals surface area contributed by atoms with Crippen LogP contribution in [0.3, 0.4) is 0 Å². The molecule has 1 fully saturated rings. The molecule has 0 radical (unpaired) electrons. The molecule has 2 aromatic carbocycles. The van der Waals surface area contributed by atoms with Gasteiger partial charge in [-0.15, -0.1) is 0 Å². The van der Waals surface area contributed by atoms with Crippen molar-refractivity contribution in [3.63, 3.8) is 0 Å². The maximum Gasteiger partial charge on any atom is 0.177 e. The number of ketones is 1. The van der Waals surface area contributed by atoms with E-state index in [2.05, 4.69) is 10.3 Å². The van der Waals surface area contributed by atoms with Crippen LogP contribution in [-0.2, 0) is 0 Å². The van der Waals surface area contributed by atoms with Crippen LogP contribution in [0.15, 0.2) is 58.6 Å². The predicted molar refractivity (Wildman–Crippen MR) is 145 cm³/mol. The monoisotopic (exact) mass is 518 g/mol. The van der Waals surface area contributed by atoms with Gasteiger partial charge in [0.05, 0.1) is 23.2 Å². The van der Waals surface area contributed by atoms with E-state index in [1.54, 1.807) is 30.6 Å². The van der Waals surface area contributed by atoms with Gasteiger partial charge in [0.2, 0.25) is 0 Å². The Bertz CT molecular complexity index is 1490. The smallest absolute Gasteiger partial charge is 0.177 e. The van der Waals surface area contributed by atoms with Crippen LogP contribution in [0.1, 0.15) is 54.6 Å². The number of halogens is 1. The minimum absolute atomic E-state index is 0.203. The summed E-state index contributed by atoms with van der Waals surface area (Å²) in [7, 11) is 0. The molecule has 1 aliphatic carbocycles.